The van der Waals surface area contributed by atoms with Crippen molar-refractivity contribution in [3.8, 4) is 0 Å². The Kier molecular flexibility index (Phi) is 3.14. The normalized spacial score (nSPS) is 34.1. The van der Waals surface area contributed by atoms with Crippen LogP contribution in [0.25, 0.3) is 0 Å². The van der Waals surface area contributed by atoms with Gasteiger partial charge in [-0.15, -0.1) is 12.6 Å². The first-order valence-corrected chi connectivity index (χ1v) is 6.14. The summed E-state index contributed by atoms with van der Waals surface area (Å²) in [5.74, 6) is 0.910. The fraction of sp³-hybridized carbons (Fsp3) is 0.900. The molecule has 0 aromatic rings. The lowest BCUT2D eigenvalue weighted by Crippen LogP contribution is -2.47. The molecule has 1 heterocycles. The molecule has 0 aromatic carbocycles. The summed E-state index contributed by atoms with van der Waals surface area (Å²) in [6.07, 6.45) is 8.28. The summed E-state index contributed by atoms with van der Waals surface area (Å²) in [5, 5.41) is 0. The molecule has 2 atom stereocenters. The molecule has 2 unspecified atom stereocenters. The molecule has 13 heavy (non-hydrogen) atoms. The van der Waals surface area contributed by atoms with Gasteiger partial charge in [0, 0.05) is 12.6 Å². The first kappa shape index (κ1) is 9.78. The lowest BCUT2D eigenvalue weighted by Gasteiger charge is -2.44. The largest absolute Gasteiger partial charge is 0.354 e. The Hall–Kier alpha value is 0.240. The maximum Gasteiger partial charge on any atom is 0.133 e. The summed E-state index contributed by atoms with van der Waals surface area (Å²) in [4.78, 5) is 2.35. The molecule has 1 aliphatic carbocycles. The summed E-state index contributed by atoms with van der Waals surface area (Å²) in [6.45, 7) is 1.14. The Morgan fingerprint density at radius 3 is 2.62 bits per heavy atom. The number of rotatable bonds is 0. The lowest BCUT2D eigenvalue weighted by atomic mass is 9.78. The summed E-state index contributed by atoms with van der Waals surface area (Å²) < 4.78 is 0.816. The SMILES string of the molecule is S=C(S)N1CCCC2CCCCC21. The van der Waals surface area contributed by atoms with E-state index in [1.807, 2.05) is 0 Å². The molecule has 0 amide bonds. The Bertz CT molecular complexity index is 203. The molecule has 1 saturated heterocycles. The van der Waals surface area contributed by atoms with E-state index in [0.29, 0.717) is 0 Å². The Morgan fingerprint density at radius 2 is 1.85 bits per heavy atom. The third-order valence-electron chi connectivity index (χ3n) is 3.49. The molecule has 0 N–H and O–H groups in total. The zero-order valence-corrected chi connectivity index (χ0v) is 9.62. The summed E-state index contributed by atoms with van der Waals surface area (Å²) >= 11 is 9.49. The number of likely N-dealkylation sites (tertiary alicyclic amines) is 1. The molecule has 0 spiro atoms. The second-order valence-corrected chi connectivity index (χ2v) is 5.34. The van der Waals surface area contributed by atoms with Crippen LogP contribution in [0.5, 0.6) is 0 Å². The van der Waals surface area contributed by atoms with Crippen LogP contribution in [0.2, 0.25) is 0 Å². The lowest BCUT2D eigenvalue weighted by molar-refractivity contribution is 0.124. The number of thiol groups is 1. The molecular formula is C10H17NS2. The van der Waals surface area contributed by atoms with Gasteiger partial charge in [0.05, 0.1) is 0 Å². The van der Waals surface area contributed by atoms with Crippen molar-refractivity contribution in [1.29, 1.82) is 0 Å². The minimum Gasteiger partial charge on any atom is -0.354 e. The minimum absolute atomic E-state index is 0.729. The molecule has 3 heteroatoms. The zero-order chi connectivity index (χ0) is 9.26. The van der Waals surface area contributed by atoms with Crippen LogP contribution in [0.4, 0.5) is 0 Å². The maximum atomic E-state index is 5.17. The van der Waals surface area contributed by atoms with Crippen LogP contribution in [0.15, 0.2) is 0 Å². The van der Waals surface area contributed by atoms with Crippen molar-refractivity contribution in [3.63, 3.8) is 0 Å². The van der Waals surface area contributed by atoms with Gasteiger partial charge in [-0.2, -0.15) is 0 Å². The third-order valence-corrected chi connectivity index (χ3v) is 3.98. The van der Waals surface area contributed by atoms with Gasteiger partial charge in [0.25, 0.3) is 0 Å². The number of hydrogen-bond acceptors (Lipinski definition) is 1. The van der Waals surface area contributed by atoms with Crippen LogP contribution in [-0.4, -0.2) is 21.8 Å². The van der Waals surface area contributed by atoms with Gasteiger partial charge in [0.15, 0.2) is 0 Å². The van der Waals surface area contributed by atoms with E-state index >= 15 is 0 Å². The first-order chi connectivity index (χ1) is 6.29. The van der Waals surface area contributed by atoms with Gasteiger partial charge < -0.3 is 4.90 Å². The fourth-order valence-electron chi connectivity index (χ4n) is 2.86. The average molecular weight is 215 g/mol. The molecule has 2 rings (SSSR count). The Labute approximate surface area is 91.3 Å². The predicted molar refractivity (Wildman–Crippen MR) is 63.3 cm³/mol. The second-order valence-electron chi connectivity index (χ2n) is 4.23. The van der Waals surface area contributed by atoms with Gasteiger partial charge in [-0.25, -0.2) is 0 Å². The molecule has 1 saturated carbocycles. The summed E-state index contributed by atoms with van der Waals surface area (Å²) in [7, 11) is 0. The number of fused-ring (bicyclic) bond motifs is 1. The molecule has 0 radical (unpaired) electrons. The van der Waals surface area contributed by atoms with E-state index in [-0.39, 0.29) is 0 Å². The van der Waals surface area contributed by atoms with Crippen LogP contribution in [0, 0.1) is 5.92 Å². The van der Waals surface area contributed by atoms with E-state index in [1.54, 1.807) is 0 Å². The van der Waals surface area contributed by atoms with Crippen molar-refractivity contribution in [1.82, 2.24) is 4.90 Å². The molecule has 74 valence electrons. The highest BCUT2D eigenvalue weighted by Gasteiger charge is 2.33. The molecular weight excluding hydrogens is 198 g/mol. The predicted octanol–water partition coefficient (Wildman–Crippen LogP) is 2.86. The monoisotopic (exact) mass is 215 g/mol. The number of nitrogens with zero attached hydrogens (tertiary/aromatic N) is 1. The third kappa shape index (κ3) is 2.01. The van der Waals surface area contributed by atoms with Gasteiger partial charge in [-0.05, 0) is 31.6 Å². The fourth-order valence-corrected chi connectivity index (χ4v) is 3.34. The molecule has 0 bridgehead atoms. The van der Waals surface area contributed by atoms with Gasteiger partial charge in [-0.3, -0.25) is 0 Å². The van der Waals surface area contributed by atoms with Crippen molar-refractivity contribution >= 4 is 29.2 Å². The number of piperidine rings is 1. The van der Waals surface area contributed by atoms with Crippen molar-refractivity contribution < 1.29 is 0 Å². The van der Waals surface area contributed by atoms with Gasteiger partial charge in [0.1, 0.15) is 4.32 Å². The van der Waals surface area contributed by atoms with Gasteiger partial charge in [0.2, 0.25) is 0 Å². The second kappa shape index (κ2) is 4.18. The highest BCUT2D eigenvalue weighted by molar-refractivity contribution is 8.10. The Balaban J connectivity index is 2.06. The van der Waals surface area contributed by atoms with E-state index in [1.165, 1.54) is 38.5 Å². The van der Waals surface area contributed by atoms with Crippen LogP contribution in [0.1, 0.15) is 38.5 Å². The van der Waals surface area contributed by atoms with Crippen LogP contribution in [-0.2, 0) is 0 Å². The standard InChI is InChI=1S/C10H17NS2/c12-10(13)11-7-3-5-8-4-1-2-6-9(8)11/h8-9H,1-7H2,(H,12,13). The van der Waals surface area contributed by atoms with Crippen molar-refractivity contribution in [2.45, 2.75) is 44.6 Å². The number of thiocarbonyl (C=S) groups is 1. The van der Waals surface area contributed by atoms with Crippen molar-refractivity contribution in [2.75, 3.05) is 6.54 Å². The zero-order valence-electron chi connectivity index (χ0n) is 7.91. The highest BCUT2D eigenvalue weighted by atomic mass is 32.1. The quantitative estimate of drug-likeness (QED) is 0.489. The van der Waals surface area contributed by atoms with Crippen LogP contribution < -0.4 is 0 Å². The first-order valence-electron chi connectivity index (χ1n) is 5.28. The molecule has 2 aliphatic rings. The van der Waals surface area contributed by atoms with Crippen molar-refractivity contribution in [2.24, 2.45) is 5.92 Å². The van der Waals surface area contributed by atoms with E-state index in [9.17, 15) is 0 Å². The van der Waals surface area contributed by atoms with Gasteiger partial charge >= 0.3 is 0 Å². The summed E-state index contributed by atoms with van der Waals surface area (Å²) in [5.41, 5.74) is 0. The average Bonchev–Trinajstić information content (AvgIpc) is 2.17. The molecule has 1 aliphatic heterocycles. The topological polar surface area (TPSA) is 3.24 Å². The van der Waals surface area contributed by atoms with Gasteiger partial charge in [-0.1, -0.05) is 25.1 Å². The maximum absolute atomic E-state index is 5.17. The number of hydrogen-bond donors (Lipinski definition) is 1. The minimum atomic E-state index is 0.729. The molecule has 2 fully saturated rings. The van der Waals surface area contributed by atoms with E-state index < -0.39 is 0 Å². The molecule has 0 aromatic heterocycles. The highest BCUT2D eigenvalue weighted by Crippen LogP contribution is 2.35. The van der Waals surface area contributed by atoms with E-state index in [2.05, 4.69) is 17.5 Å². The summed E-state index contributed by atoms with van der Waals surface area (Å²) in [6, 6.07) is 0.729. The van der Waals surface area contributed by atoms with Crippen LogP contribution >= 0.6 is 24.8 Å². The Morgan fingerprint density at radius 1 is 1.15 bits per heavy atom. The van der Waals surface area contributed by atoms with Crippen LogP contribution in [0.3, 0.4) is 0 Å². The smallest absolute Gasteiger partial charge is 0.133 e. The van der Waals surface area contributed by atoms with E-state index in [0.717, 1.165) is 22.8 Å². The molecule has 1 nitrogen and oxygen atoms in total. The van der Waals surface area contributed by atoms with E-state index in [4.69, 9.17) is 12.2 Å². The van der Waals surface area contributed by atoms with Crippen molar-refractivity contribution in [3.05, 3.63) is 0 Å².